The van der Waals surface area contributed by atoms with E-state index in [1.54, 1.807) is 6.92 Å². The van der Waals surface area contributed by atoms with Gasteiger partial charge in [-0.15, -0.1) is 10.2 Å². The van der Waals surface area contributed by atoms with E-state index in [2.05, 4.69) is 29.4 Å². The van der Waals surface area contributed by atoms with Crippen LogP contribution in [-0.4, -0.2) is 16.7 Å². The summed E-state index contributed by atoms with van der Waals surface area (Å²) < 4.78 is 10.9. The molecular weight excluding hydrogens is 290 g/mol. The van der Waals surface area contributed by atoms with Gasteiger partial charge >= 0.3 is 0 Å². The maximum absolute atomic E-state index is 6.26. The molecule has 0 saturated heterocycles. The summed E-state index contributed by atoms with van der Waals surface area (Å²) >= 11 is 6.26. The van der Waals surface area contributed by atoms with E-state index in [1.165, 1.54) is 0 Å². The summed E-state index contributed by atoms with van der Waals surface area (Å²) in [6.45, 7) is 7.19. The highest BCUT2D eigenvalue weighted by Gasteiger charge is 2.10. The van der Waals surface area contributed by atoms with Crippen LogP contribution in [0.25, 0.3) is 0 Å². The van der Waals surface area contributed by atoms with Gasteiger partial charge in [0, 0.05) is 13.0 Å². The molecule has 0 fully saturated rings. The van der Waals surface area contributed by atoms with Gasteiger partial charge in [0.05, 0.1) is 5.02 Å². The average Bonchev–Trinajstić information content (AvgIpc) is 2.89. The lowest BCUT2D eigenvalue weighted by atomic mass is 10.1. The van der Waals surface area contributed by atoms with Crippen LogP contribution >= 0.6 is 11.6 Å². The fraction of sp³-hybridized carbons (Fsp3) is 0.467. The van der Waals surface area contributed by atoms with E-state index in [9.17, 15) is 0 Å². The van der Waals surface area contributed by atoms with Crippen molar-refractivity contribution in [2.75, 3.05) is 6.54 Å². The Kier molecular flexibility index (Phi) is 5.59. The molecule has 0 amide bonds. The molecule has 1 aromatic carbocycles. The van der Waals surface area contributed by atoms with Crippen LogP contribution in [0.5, 0.6) is 5.75 Å². The van der Waals surface area contributed by atoms with Crippen molar-refractivity contribution in [1.29, 1.82) is 0 Å². The second-order valence-electron chi connectivity index (χ2n) is 4.87. The zero-order chi connectivity index (χ0) is 15.2. The number of ether oxygens (including phenoxy) is 1. The molecule has 0 aliphatic heterocycles. The predicted molar refractivity (Wildman–Crippen MR) is 81.5 cm³/mol. The first-order chi connectivity index (χ1) is 10.1. The van der Waals surface area contributed by atoms with Crippen molar-refractivity contribution >= 4 is 11.6 Å². The minimum atomic E-state index is 0.212. The van der Waals surface area contributed by atoms with Gasteiger partial charge in [0.2, 0.25) is 5.89 Å². The first-order valence-electron chi connectivity index (χ1n) is 7.04. The minimum absolute atomic E-state index is 0.212. The Labute approximate surface area is 129 Å². The fourth-order valence-corrected chi connectivity index (χ4v) is 2.16. The molecule has 5 nitrogen and oxygen atoms in total. The van der Waals surface area contributed by atoms with Gasteiger partial charge in [-0.25, -0.2) is 0 Å². The van der Waals surface area contributed by atoms with Crippen molar-refractivity contribution in [3.8, 4) is 5.75 Å². The molecule has 0 bridgehead atoms. The molecule has 1 unspecified atom stereocenters. The van der Waals surface area contributed by atoms with Gasteiger partial charge in [0.15, 0.2) is 6.61 Å². The van der Waals surface area contributed by atoms with Gasteiger partial charge in [-0.05, 0) is 37.6 Å². The molecule has 0 spiro atoms. The molecule has 1 aromatic heterocycles. The number of nitrogens with zero attached hydrogens (tertiary/aromatic N) is 2. The first kappa shape index (κ1) is 15.8. The average molecular weight is 310 g/mol. The highest BCUT2D eigenvalue weighted by atomic mass is 35.5. The molecule has 2 aromatic rings. The number of benzene rings is 1. The van der Waals surface area contributed by atoms with E-state index in [-0.39, 0.29) is 12.6 Å². The maximum atomic E-state index is 6.26. The molecule has 0 aliphatic rings. The second kappa shape index (κ2) is 7.43. The maximum Gasteiger partial charge on any atom is 0.253 e. The molecule has 21 heavy (non-hydrogen) atoms. The van der Waals surface area contributed by atoms with E-state index in [0.717, 1.165) is 18.5 Å². The largest absolute Gasteiger partial charge is 0.482 e. The smallest absolute Gasteiger partial charge is 0.253 e. The summed E-state index contributed by atoms with van der Waals surface area (Å²) in [5, 5.41) is 11.6. The highest BCUT2D eigenvalue weighted by molar-refractivity contribution is 6.32. The Morgan fingerprint density at radius 3 is 2.81 bits per heavy atom. The van der Waals surface area contributed by atoms with Crippen LogP contribution in [0.1, 0.15) is 43.7 Å². The van der Waals surface area contributed by atoms with Crippen LogP contribution in [0, 0.1) is 6.92 Å². The third kappa shape index (κ3) is 4.44. The third-order valence-corrected chi connectivity index (χ3v) is 3.37. The van der Waals surface area contributed by atoms with E-state index in [0.29, 0.717) is 22.6 Å². The van der Waals surface area contributed by atoms with E-state index < -0.39 is 0 Å². The topological polar surface area (TPSA) is 60.2 Å². The molecular formula is C15H20ClN3O2. The number of nitrogens with one attached hydrogen (secondary N) is 1. The molecule has 2 rings (SSSR count). The van der Waals surface area contributed by atoms with E-state index >= 15 is 0 Å². The van der Waals surface area contributed by atoms with Crippen molar-refractivity contribution in [3.63, 3.8) is 0 Å². The van der Waals surface area contributed by atoms with Crippen molar-refractivity contribution in [2.45, 2.75) is 39.8 Å². The summed E-state index contributed by atoms with van der Waals surface area (Å²) in [7, 11) is 0. The molecule has 6 heteroatoms. The summed E-state index contributed by atoms with van der Waals surface area (Å²) in [6, 6.07) is 6.05. The molecule has 1 N–H and O–H groups in total. The zero-order valence-electron chi connectivity index (χ0n) is 12.5. The normalized spacial score (nSPS) is 12.4. The van der Waals surface area contributed by atoms with Crippen LogP contribution < -0.4 is 10.1 Å². The Morgan fingerprint density at radius 1 is 1.38 bits per heavy atom. The van der Waals surface area contributed by atoms with Crippen LogP contribution in [0.15, 0.2) is 22.6 Å². The lowest BCUT2D eigenvalue weighted by molar-refractivity contribution is 0.260. The van der Waals surface area contributed by atoms with Gasteiger partial charge in [0.1, 0.15) is 5.75 Å². The van der Waals surface area contributed by atoms with Crippen molar-refractivity contribution in [1.82, 2.24) is 15.5 Å². The Morgan fingerprint density at radius 2 is 2.19 bits per heavy atom. The van der Waals surface area contributed by atoms with Crippen molar-refractivity contribution in [3.05, 3.63) is 40.6 Å². The molecule has 1 heterocycles. The lowest BCUT2D eigenvalue weighted by Crippen LogP contribution is -2.19. The summed E-state index contributed by atoms with van der Waals surface area (Å²) in [5.74, 6) is 1.57. The quantitative estimate of drug-likeness (QED) is 0.845. The second-order valence-corrected chi connectivity index (χ2v) is 5.28. The monoisotopic (exact) mass is 309 g/mol. The summed E-state index contributed by atoms with van der Waals surface area (Å²) in [4.78, 5) is 0. The molecule has 0 saturated carbocycles. The minimum Gasteiger partial charge on any atom is -0.482 e. The predicted octanol–water partition coefficient (Wildman–Crippen LogP) is 3.67. The van der Waals surface area contributed by atoms with Crippen LogP contribution in [0.4, 0.5) is 0 Å². The Hall–Kier alpha value is -1.59. The SMILES string of the molecule is CCCNC(C)c1ccc(OCc2nnc(C)o2)c(Cl)c1. The van der Waals surface area contributed by atoms with Crippen LogP contribution in [-0.2, 0) is 6.61 Å². The fourth-order valence-electron chi connectivity index (χ4n) is 1.92. The summed E-state index contributed by atoms with van der Waals surface area (Å²) in [6.07, 6.45) is 1.10. The number of aromatic nitrogens is 2. The number of halogens is 1. The third-order valence-electron chi connectivity index (χ3n) is 3.08. The molecule has 1 atom stereocenters. The number of rotatable bonds is 7. The molecule has 114 valence electrons. The van der Waals surface area contributed by atoms with Gasteiger partial charge in [-0.2, -0.15) is 0 Å². The lowest BCUT2D eigenvalue weighted by Gasteiger charge is -2.15. The van der Waals surface area contributed by atoms with Crippen molar-refractivity contribution in [2.24, 2.45) is 0 Å². The van der Waals surface area contributed by atoms with Gasteiger partial charge in [-0.1, -0.05) is 24.6 Å². The van der Waals surface area contributed by atoms with Gasteiger partial charge in [-0.3, -0.25) is 0 Å². The number of aryl methyl sites for hydroxylation is 1. The Balaban J connectivity index is 1.98. The van der Waals surface area contributed by atoms with Gasteiger partial charge < -0.3 is 14.5 Å². The van der Waals surface area contributed by atoms with Gasteiger partial charge in [0.25, 0.3) is 5.89 Å². The zero-order valence-corrected chi connectivity index (χ0v) is 13.3. The number of hydrogen-bond donors (Lipinski definition) is 1. The van der Waals surface area contributed by atoms with Crippen LogP contribution in [0.2, 0.25) is 5.02 Å². The first-order valence-corrected chi connectivity index (χ1v) is 7.42. The highest BCUT2D eigenvalue weighted by Crippen LogP contribution is 2.28. The molecule has 0 aliphatic carbocycles. The Bertz CT molecular complexity index is 586. The van der Waals surface area contributed by atoms with Crippen molar-refractivity contribution < 1.29 is 9.15 Å². The van der Waals surface area contributed by atoms with Crippen LogP contribution in [0.3, 0.4) is 0 Å². The molecule has 0 radical (unpaired) electrons. The van der Waals surface area contributed by atoms with E-state index in [4.69, 9.17) is 20.8 Å². The standard InChI is InChI=1S/C15H20ClN3O2/c1-4-7-17-10(2)12-5-6-14(13(16)8-12)20-9-15-19-18-11(3)21-15/h5-6,8,10,17H,4,7,9H2,1-3H3. The van der Waals surface area contributed by atoms with E-state index in [1.807, 2.05) is 18.2 Å². The summed E-state index contributed by atoms with van der Waals surface area (Å²) in [5.41, 5.74) is 1.13. The number of hydrogen-bond acceptors (Lipinski definition) is 5.